The van der Waals surface area contributed by atoms with Gasteiger partial charge in [-0.3, -0.25) is 9.69 Å². The molecule has 0 radical (unpaired) electrons. The Kier molecular flexibility index (Phi) is 4.01. The largest absolute Gasteiger partial charge is 0.354 e. The molecule has 3 rings (SSSR count). The predicted molar refractivity (Wildman–Crippen MR) is 83.5 cm³/mol. The average Bonchev–Trinajstić information content (AvgIpc) is 2.50. The number of rotatable bonds is 3. The van der Waals surface area contributed by atoms with Crippen LogP contribution in [0.15, 0.2) is 41.5 Å². The van der Waals surface area contributed by atoms with Gasteiger partial charge in [-0.1, -0.05) is 24.3 Å². The van der Waals surface area contributed by atoms with Gasteiger partial charge in [0, 0.05) is 38.8 Å². The molecule has 0 bridgehead atoms. The van der Waals surface area contributed by atoms with E-state index in [2.05, 4.69) is 51.0 Å². The van der Waals surface area contributed by atoms with Gasteiger partial charge in [-0.2, -0.15) is 0 Å². The van der Waals surface area contributed by atoms with Gasteiger partial charge in [0.25, 0.3) is 5.56 Å². The van der Waals surface area contributed by atoms with Crippen LogP contribution in [-0.2, 0) is 6.54 Å². The van der Waals surface area contributed by atoms with Crippen molar-refractivity contribution in [1.29, 1.82) is 0 Å². The van der Waals surface area contributed by atoms with E-state index in [1.54, 1.807) is 6.07 Å². The number of aromatic nitrogens is 2. The number of aryl methyl sites for hydroxylation is 1. The lowest BCUT2D eigenvalue weighted by molar-refractivity contribution is 0.249. The summed E-state index contributed by atoms with van der Waals surface area (Å²) in [6.07, 6.45) is 1.47. The van der Waals surface area contributed by atoms with Crippen LogP contribution < -0.4 is 10.5 Å². The fourth-order valence-corrected chi connectivity index (χ4v) is 2.69. The van der Waals surface area contributed by atoms with Crippen molar-refractivity contribution in [2.45, 2.75) is 13.5 Å². The Balaban J connectivity index is 1.60. The molecule has 1 saturated heterocycles. The highest BCUT2D eigenvalue weighted by Gasteiger charge is 2.18. The van der Waals surface area contributed by atoms with Crippen LogP contribution in [0.3, 0.4) is 0 Å². The molecule has 0 spiro atoms. The highest BCUT2D eigenvalue weighted by Crippen LogP contribution is 2.15. The summed E-state index contributed by atoms with van der Waals surface area (Å²) in [6, 6.07) is 10.1. The van der Waals surface area contributed by atoms with E-state index in [9.17, 15) is 4.79 Å². The maximum atomic E-state index is 11.3. The first-order valence-electron chi connectivity index (χ1n) is 7.29. The number of nitrogens with zero attached hydrogens (tertiary/aromatic N) is 3. The van der Waals surface area contributed by atoms with Gasteiger partial charge in [0.05, 0.1) is 6.33 Å². The molecule has 21 heavy (non-hydrogen) atoms. The van der Waals surface area contributed by atoms with Crippen LogP contribution in [0, 0.1) is 6.92 Å². The van der Waals surface area contributed by atoms with Crippen molar-refractivity contribution in [2.75, 3.05) is 31.1 Å². The summed E-state index contributed by atoms with van der Waals surface area (Å²) < 4.78 is 0. The molecule has 1 aromatic carbocycles. The second kappa shape index (κ2) is 6.10. The molecule has 0 amide bonds. The summed E-state index contributed by atoms with van der Waals surface area (Å²) in [5.41, 5.74) is 2.64. The molecule has 1 aromatic heterocycles. The van der Waals surface area contributed by atoms with Crippen molar-refractivity contribution in [3.8, 4) is 0 Å². The van der Waals surface area contributed by atoms with Crippen LogP contribution in [0.25, 0.3) is 0 Å². The summed E-state index contributed by atoms with van der Waals surface area (Å²) in [4.78, 5) is 22.8. The van der Waals surface area contributed by atoms with Gasteiger partial charge < -0.3 is 9.88 Å². The molecule has 2 heterocycles. The number of aromatic amines is 1. The normalized spacial score (nSPS) is 16.1. The molecule has 0 saturated carbocycles. The minimum absolute atomic E-state index is 0.0951. The zero-order chi connectivity index (χ0) is 14.7. The van der Waals surface area contributed by atoms with Crippen molar-refractivity contribution in [1.82, 2.24) is 14.9 Å². The van der Waals surface area contributed by atoms with E-state index in [1.807, 2.05) is 0 Å². The topological polar surface area (TPSA) is 52.2 Å². The van der Waals surface area contributed by atoms with Gasteiger partial charge in [-0.05, 0) is 18.1 Å². The molecule has 1 aliphatic rings. The molecule has 0 aliphatic carbocycles. The second-order valence-electron chi connectivity index (χ2n) is 5.46. The lowest BCUT2D eigenvalue weighted by Gasteiger charge is -2.35. The van der Waals surface area contributed by atoms with Crippen molar-refractivity contribution in [3.05, 3.63) is 58.1 Å². The maximum Gasteiger partial charge on any atom is 0.252 e. The van der Waals surface area contributed by atoms with Gasteiger partial charge in [0.15, 0.2) is 0 Å². The number of hydrogen-bond acceptors (Lipinski definition) is 4. The van der Waals surface area contributed by atoms with E-state index in [0.29, 0.717) is 0 Å². The highest BCUT2D eigenvalue weighted by molar-refractivity contribution is 5.37. The fourth-order valence-electron chi connectivity index (χ4n) is 2.69. The van der Waals surface area contributed by atoms with Crippen LogP contribution in [0.1, 0.15) is 11.1 Å². The SMILES string of the molecule is Cc1ccccc1CN1CCN(c2cc(=O)[nH]cn2)CC1. The molecule has 2 aromatic rings. The third-order valence-electron chi connectivity index (χ3n) is 4.02. The molecular formula is C16H20N4O. The summed E-state index contributed by atoms with van der Waals surface area (Å²) >= 11 is 0. The number of benzene rings is 1. The molecule has 5 nitrogen and oxygen atoms in total. The Hall–Kier alpha value is -2.14. The molecule has 110 valence electrons. The van der Waals surface area contributed by atoms with Crippen molar-refractivity contribution < 1.29 is 0 Å². The first-order valence-corrected chi connectivity index (χ1v) is 7.29. The van der Waals surface area contributed by atoms with Crippen molar-refractivity contribution in [2.24, 2.45) is 0 Å². The number of nitrogens with one attached hydrogen (secondary N) is 1. The lowest BCUT2D eigenvalue weighted by Crippen LogP contribution is -2.46. The molecule has 1 fully saturated rings. The molecule has 1 N–H and O–H groups in total. The van der Waals surface area contributed by atoms with Crippen LogP contribution in [0.2, 0.25) is 0 Å². The number of H-pyrrole nitrogens is 1. The fraction of sp³-hybridized carbons (Fsp3) is 0.375. The Morgan fingerprint density at radius 3 is 2.67 bits per heavy atom. The van der Waals surface area contributed by atoms with E-state index < -0.39 is 0 Å². The standard InChI is InChI=1S/C16H20N4O/c1-13-4-2-3-5-14(13)11-19-6-8-20(9-7-19)15-10-16(21)18-12-17-15/h2-5,10,12H,6-9,11H2,1H3,(H,17,18,21). The zero-order valence-corrected chi connectivity index (χ0v) is 12.2. The molecule has 5 heteroatoms. The number of piperazine rings is 1. The lowest BCUT2D eigenvalue weighted by atomic mass is 10.1. The molecule has 0 unspecified atom stereocenters. The van der Waals surface area contributed by atoms with Gasteiger partial charge in [0.2, 0.25) is 0 Å². The van der Waals surface area contributed by atoms with E-state index >= 15 is 0 Å². The summed E-state index contributed by atoms with van der Waals surface area (Å²) in [5.74, 6) is 0.772. The molecule has 0 atom stereocenters. The first kappa shape index (κ1) is 13.8. The van der Waals surface area contributed by atoms with Gasteiger partial charge in [-0.25, -0.2) is 4.98 Å². The second-order valence-corrected chi connectivity index (χ2v) is 5.46. The monoisotopic (exact) mass is 284 g/mol. The summed E-state index contributed by atoms with van der Waals surface area (Å²) in [7, 11) is 0. The smallest absolute Gasteiger partial charge is 0.252 e. The summed E-state index contributed by atoms with van der Waals surface area (Å²) in [6.45, 7) is 6.94. The summed E-state index contributed by atoms with van der Waals surface area (Å²) in [5, 5.41) is 0. The van der Waals surface area contributed by atoms with Gasteiger partial charge in [0.1, 0.15) is 5.82 Å². The predicted octanol–water partition coefficient (Wildman–Crippen LogP) is 1.40. The van der Waals surface area contributed by atoms with Crippen molar-refractivity contribution >= 4 is 5.82 Å². The van der Waals surface area contributed by atoms with E-state index in [0.717, 1.165) is 38.5 Å². The minimum atomic E-state index is -0.0951. The van der Waals surface area contributed by atoms with E-state index in [-0.39, 0.29) is 5.56 Å². The maximum absolute atomic E-state index is 11.3. The van der Waals surface area contributed by atoms with Crippen molar-refractivity contribution in [3.63, 3.8) is 0 Å². The van der Waals surface area contributed by atoms with Gasteiger partial charge in [-0.15, -0.1) is 0 Å². The van der Waals surface area contributed by atoms with Crippen LogP contribution >= 0.6 is 0 Å². The van der Waals surface area contributed by atoms with Crippen LogP contribution in [0.4, 0.5) is 5.82 Å². The van der Waals surface area contributed by atoms with Crippen LogP contribution in [-0.4, -0.2) is 41.0 Å². The zero-order valence-electron chi connectivity index (χ0n) is 12.2. The third kappa shape index (κ3) is 3.31. The van der Waals surface area contributed by atoms with Crippen LogP contribution in [0.5, 0.6) is 0 Å². The Bertz CT molecular complexity index is 659. The number of anilines is 1. The Morgan fingerprint density at radius 2 is 1.95 bits per heavy atom. The quantitative estimate of drug-likeness (QED) is 0.925. The van der Waals surface area contributed by atoms with E-state index in [1.165, 1.54) is 17.5 Å². The highest BCUT2D eigenvalue weighted by atomic mass is 16.1. The molecule has 1 aliphatic heterocycles. The third-order valence-corrected chi connectivity index (χ3v) is 4.02. The van der Waals surface area contributed by atoms with E-state index in [4.69, 9.17) is 0 Å². The first-order chi connectivity index (χ1) is 10.2. The van der Waals surface area contributed by atoms with Gasteiger partial charge >= 0.3 is 0 Å². The average molecular weight is 284 g/mol. The Labute approximate surface area is 124 Å². The minimum Gasteiger partial charge on any atom is -0.354 e. The number of hydrogen-bond donors (Lipinski definition) is 1. The Morgan fingerprint density at radius 1 is 1.19 bits per heavy atom. The molecular weight excluding hydrogens is 264 g/mol.